The van der Waals surface area contributed by atoms with Crippen LogP contribution in [-0.4, -0.2) is 31.0 Å². The van der Waals surface area contributed by atoms with Gasteiger partial charge in [-0.05, 0) is 37.8 Å². The maximum absolute atomic E-state index is 12.4. The van der Waals surface area contributed by atoms with Crippen LogP contribution in [0.5, 0.6) is 5.75 Å². The van der Waals surface area contributed by atoms with Crippen LogP contribution in [0.25, 0.3) is 0 Å². The summed E-state index contributed by atoms with van der Waals surface area (Å²) in [5.74, 6) is 0.323. The number of nitrogens with one attached hydrogen (secondary N) is 1. The van der Waals surface area contributed by atoms with Crippen LogP contribution in [0.3, 0.4) is 0 Å². The summed E-state index contributed by atoms with van der Waals surface area (Å²) in [6.45, 7) is 3.29. The van der Waals surface area contributed by atoms with Crippen LogP contribution >= 0.6 is 11.6 Å². The molecule has 122 valence electrons. The van der Waals surface area contributed by atoms with Gasteiger partial charge < -0.3 is 15.0 Å². The van der Waals surface area contributed by atoms with Crippen LogP contribution in [0, 0.1) is 18.3 Å². The zero-order valence-electron chi connectivity index (χ0n) is 13.4. The fourth-order valence-corrected chi connectivity index (χ4v) is 2.66. The molecule has 0 unspecified atom stereocenters. The molecule has 5 nitrogen and oxygen atoms in total. The lowest BCUT2D eigenvalue weighted by Gasteiger charge is -2.26. The predicted octanol–water partition coefficient (Wildman–Crippen LogP) is 3.49. The first-order valence-electron chi connectivity index (χ1n) is 7.57. The first-order valence-corrected chi connectivity index (χ1v) is 7.95. The monoisotopic (exact) mass is 333 g/mol. The molecule has 1 aromatic carbocycles. The van der Waals surface area contributed by atoms with E-state index in [-0.39, 0.29) is 11.5 Å². The Hall–Kier alpha value is -2.19. The van der Waals surface area contributed by atoms with Crippen LogP contribution in [0.2, 0.25) is 5.02 Å². The molecular weight excluding hydrogens is 314 g/mol. The fraction of sp³-hybridized carbons (Fsp3) is 0.412. The standard InChI is InChI=1S/C17H20ClN3O2/c1-12-8-15(16(23-2)9-14(12)18)20-11-13(10-19)17(22)21-6-4-3-5-7-21/h8-9,11,20H,3-7H2,1-2H3/b13-11-. The molecule has 23 heavy (non-hydrogen) atoms. The maximum atomic E-state index is 12.4. The molecule has 0 aromatic heterocycles. The lowest BCUT2D eigenvalue weighted by Crippen LogP contribution is -2.36. The predicted molar refractivity (Wildman–Crippen MR) is 90.5 cm³/mol. The number of anilines is 1. The summed E-state index contributed by atoms with van der Waals surface area (Å²) in [6.07, 6.45) is 4.54. The quantitative estimate of drug-likeness (QED) is 0.676. The van der Waals surface area contributed by atoms with E-state index in [4.69, 9.17) is 16.3 Å². The van der Waals surface area contributed by atoms with E-state index in [9.17, 15) is 10.1 Å². The fourth-order valence-electron chi connectivity index (χ4n) is 2.50. The minimum Gasteiger partial charge on any atom is -0.495 e. The zero-order chi connectivity index (χ0) is 16.8. The molecule has 1 N–H and O–H groups in total. The second-order valence-electron chi connectivity index (χ2n) is 5.47. The number of piperidine rings is 1. The van der Waals surface area contributed by atoms with Crippen molar-refractivity contribution in [1.82, 2.24) is 4.90 Å². The van der Waals surface area contributed by atoms with Gasteiger partial charge >= 0.3 is 0 Å². The average molecular weight is 334 g/mol. The second-order valence-corrected chi connectivity index (χ2v) is 5.88. The highest BCUT2D eigenvalue weighted by molar-refractivity contribution is 6.31. The van der Waals surface area contributed by atoms with E-state index in [0.717, 1.165) is 24.8 Å². The highest BCUT2D eigenvalue weighted by Gasteiger charge is 2.20. The van der Waals surface area contributed by atoms with Gasteiger partial charge in [0, 0.05) is 30.4 Å². The number of likely N-dealkylation sites (tertiary alicyclic amines) is 1. The van der Waals surface area contributed by atoms with Gasteiger partial charge in [0.25, 0.3) is 5.91 Å². The number of rotatable bonds is 4. The lowest BCUT2D eigenvalue weighted by molar-refractivity contribution is -0.127. The topological polar surface area (TPSA) is 65.4 Å². The number of nitrogens with zero attached hydrogens (tertiary/aromatic N) is 2. The van der Waals surface area contributed by atoms with Crippen LogP contribution in [-0.2, 0) is 4.79 Å². The molecule has 1 heterocycles. The van der Waals surface area contributed by atoms with Crippen molar-refractivity contribution in [2.24, 2.45) is 0 Å². The lowest BCUT2D eigenvalue weighted by atomic mass is 10.1. The van der Waals surface area contributed by atoms with Gasteiger partial charge in [-0.15, -0.1) is 0 Å². The third-order valence-corrected chi connectivity index (χ3v) is 4.25. The van der Waals surface area contributed by atoms with Crippen LogP contribution in [0.15, 0.2) is 23.9 Å². The Morgan fingerprint density at radius 1 is 1.39 bits per heavy atom. The maximum Gasteiger partial charge on any atom is 0.266 e. The van der Waals surface area contributed by atoms with E-state index in [1.807, 2.05) is 19.1 Å². The number of aryl methyl sites for hydroxylation is 1. The summed E-state index contributed by atoms with van der Waals surface area (Å²) in [5, 5.41) is 12.9. The number of hydrogen-bond acceptors (Lipinski definition) is 4. The van der Waals surface area contributed by atoms with Gasteiger partial charge in [0.05, 0.1) is 12.8 Å². The molecular formula is C17H20ClN3O2. The molecule has 1 aliphatic heterocycles. The number of carbonyl (C=O) groups excluding carboxylic acids is 1. The number of nitriles is 1. The normalized spacial score (nSPS) is 15.0. The van der Waals surface area contributed by atoms with Gasteiger partial charge in [0.15, 0.2) is 0 Å². The van der Waals surface area contributed by atoms with Crippen molar-refractivity contribution in [2.75, 3.05) is 25.5 Å². The van der Waals surface area contributed by atoms with Gasteiger partial charge in [-0.1, -0.05) is 11.6 Å². The van der Waals surface area contributed by atoms with Crippen molar-refractivity contribution >= 4 is 23.2 Å². The van der Waals surface area contributed by atoms with Crippen molar-refractivity contribution in [1.29, 1.82) is 5.26 Å². The molecule has 1 aliphatic rings. The molecule has 1 aromatic rings. The Bertz CT molecular complexity index is 659. The molecule has 0 spiro atoms. The third kappa shape index (κ3) is 4.17. The van der Waals surface area contributed by atoms with Crippen LogP contribution in [0.4, 0.5) is 5.69 Å². The largest absolute Gasteiger partial charge is 0.495 e. The van der Waals surface area contributed by atoms with Gasteiger partial charge in [0.1, 0.15) is 17.4 Å². The smallest absolute Gasteiger partial charge is 0.266 e. The van der Waals surface area contributed by atoms with E-state index in [1.54, 1.807) is 18.1 Å². The Morgan fingerprint density at radius 3 is 2.70 bits per heavy atom. The molecule has 0 radical (unpaired) electrons. The Morgan fingerprint density at radius 2 is 2.09 bits per heavy atom. The average Bonchev–Trinajstić information content (AvgIpc) is 2.58. The molecule has 0 saturated carbocycles. The van der Waals surface area contributed by atoms with E-state index in [1.165, 1.54) is 6.20 Å². The number of amides is 1. The van der Waals surface area contributed by atoms with Gasteiger partial charge in [-0.3, -0.25) is 4.79 Å². The molecule has 1 fully saturated rings. The van der Waals surface area contributed by atoms with Gasteiger partial charge in [-0.25, -0.2) is 0 Å². The number of hydrogen-bond donors (Lipinski definition) is 1. The van der Waals surface area contributed by atoms with Crippen molar-refractivity contribution < 1.29 is 9.53 Å². The molecule has 0 atom stereocenters. The second kappa shape index (κ2) is 7.89. The van der Waals surface area contributed by atoms with E-state index in [0.29, 0.717) is 29.5 Å². The highest BCUT2D eigenvalue weighted by atomic mass is 35.5. The first kappa shape index (κ1) is 17.2. The molecule has 0 bridgehead atoms. The van der Waals surface area contributed by atoms with Gasteiger partial charge in [-0.2, -0.15) is 5.26 Å². The Kier molecular flexibility index (Phi) is 5.89. The molecule has 1 saturated heterocycles. The van der Waals surface area contributed by atoms with Crippen molar-refractivity contribution in [3.63, 3.8) is 0 Å². The van der Waals surface area contributed by atoms with E-state index >= 15 is 0 Å². The number of halogens is 1. The third-order valence-electron chi connectivity index (χ3n) is 3.85. The molecule has 2 rings (SSSR count). The first-order chi connectivity index (χ1) is 11.1. The van der Waals surface area contributed by atoms with E-state index in [2.05, 4.69) is 5.32 Å². The van der Waals surface area contributed by atoms with Crippen LogP contribution in [0.1, 0.15) is 24.8 Å². The number of carbonyl (C=O) groups is 1. The highest BCUT2D eigenvalue weighted by Crippen LogP contribution is 2.31. The summed E-state index contributed by atoms with van der Waals surface area (Å²) in [7, 11) is 1.54. The minimum absolute atomic E-state index is 0.0848. The van der Waals surface area contributed by atoms with Crippen molar-refractivity contribution in [3.8, 4) is 11.8 Å². The summed E-state index contributed by atoms with van der Waals surface area (Å²) in [6, 6.07) is 5.49. The number of ether oxygens (including phenoxy) is 1. The molecule has 6 heteroatoms. The number of benzene rings is 1. The minimum atomic E-state index is -0.232. The summed E-state index contributed by atoms with van der Waals surface area (Å²) in [4.78, 5) is 14.1. The molecule has 1 amide bonds. The summed E-state index contributed by atoms with van der Waals surface area (Å²) < 4.78 is 5.27. The number of methoxy groups -OCH3 is 1. The zero-order valence-corrected chi connectivity index (χ0v) is 14.1. The summed E-state index contributed by atoms with van der Waals surface area (Å²) in [5.41, 5.74) is 1.62. The van der Waals surface area contributed by atoms with E-state index < -0.39 is 0 Å². The Balaban J connectivity index is 2.18. The summed E-state index contributed by atoms with van der Waals surface area (Å²) >= 11 is 6.07. The van der Waals surface area contributed by atoms with Gasteiger partial charge in [0.2, 0.25) is 0 Å². The molecule has 0 aliphatic carbocycles. The SMILES string of the molecule is COc1cc(Cl)c(C)cc1N/C=C(/C#N)C(=O)N1CCCCC1. The van der Waals surface area contributed by atoms with Crippen molar-refractivity contribution in [2.45, 2.75) is 26.2 Å². The van der Waals surface area contributed by atoms with Crippen molar-refractivity contribution in [3.05, 3.63) is 34.5 Å². The van der Waals surface area contributed by atoms with Crippen LogP contribution < -0.4 is 10.1 Å². The Labute approximate surface area is 141 Å².